The van der Waals surface area contributed by atoms with Gasteiger partial charge in [0.25, 0.3) is 0 Å². The minimum absolute atomic E-state index is 0.506. The van der Waals surface area contributed by atoms with E-state index in [1.54, 1.807) is 0 Å². The van der Waals surface area contributed by atoms with Crippen LogP contribution < -0.4 is 0 Å². The van der Waals surface area contributed by atoms with Crippen molar-refractivity contribution in [3.8, 4) is 0 Å². The monoisotopic (exact) mass is 370 g/mol. The maximum Gasteiger partial charge on any atom is 0.0127 e. The molecule has 3 saturated carbocycles. The van der Waals surface area contributed by atoms with Gasteiger partial charge in [0.2, 0.25) is 0 Å². The third-order valence-electron chi connectivity index (χ3n) is 11.2. The molecule has 1 saturated heterocycles. The van der Waals surface area contributed by atoms with E-state index in [1.807, 2.05) is 5.57 Å². The molecule has 2 heteroatoms. The Kier molecular flexibility index (Phi) is 4.04. The standard InChI is InChI=1S/C25H42N2/c1-17-24(3)13-10-22-20-8-7-18-15-19(26(4)5)9-12-23(18,2)21(20)11-14-25(22,24)16-27(17)6/h7,17,19-22H,8-16H2,1-6H3/t17-,19-,20+,21-,22-,23-,24+,25+/m0/s1. The lowest BCUT2D eigenvalue weighted by atomic mass is 9.45. The van der Waals surface area contributed by atoms with Crippen LogP contribution in [0.1, 0.15) is 72.1 Å². The fourth-order valence-electron chi connectivity index (χ4n) is 9.27. The molecule has 0 unspecified atom stereocenters. The Hall–Kier alpha value is -0.340. The molecule has 1 spiro atoms. The van der Waals surface area contributed by atoms with Crippen molar-refractivity contribution in [3.63, 3.8) is 0 Å². The Morgan fingerprint density at radius 2 is 1.78 bits per heavy atom. The third-order valence-corrected chi connectivity index (χ3v) is 11.2. The molecule has 0 amide bonds. The predicted molar refractivity (Wildman–Crippen MR) is 114 cm³/mol. The summed E-state index contributed by atoms with van der Waals surface area (Å²) in [5.74, 6) is 2.90. The van der Waals surface area contributed by atoms with Crippen molar-refractivity contribution in [2.45, 2.75) is 84.2 Å². The largest absolute Gasteiger partial charge is 0.306 e. The summed E-state index contributed by atoms with van der Waals surface area (Å²) in [7, 11) is 6.96. The van der Waals surface area contributed by atoms with Gasteiger partial charge in [-0.25, -0.2) is 0 Å². The first kappa shape index (κ1) is 18.7. The van der Waals surface area contributed by atoms with Crippen LogP contribution in [0.5, 0.6) is 0 Å². The molecule has 152 valence electrons. The maximum absolute atomic E-state index is 2.74. The summed E-state index contributed by atoms with van der Waals surface area (Å²) in [4.78, 5) is 5.18. The number of hydrogen-bond acceptors (Lipinski definition) is 2. The Labute approximate surface area is 167 Å². The van der Waals surface area contributed by atoms with Crippen LogP contribution in [-0.4, -0.2) is 49.6 Å². The predicted octanol–water partition coefficient (Wildman–Crippen LogP) is 5.20. The van der Waals surface area contributed by atoms with Gasteiger partial charge < -0.3 is 9.80 Å². The van der Waals surface area contributed by atoms with E-state index in [-0.39, 0.29) is 0 Å². The number of fused-ring (bicyclic) bond motifs is 4. The van der Waals surface area contributed by atoms with Crippen molar-refractivity contribution < 1.29 is 0 Å². The van der Waals surface area contributed by atoms with Gasteiger partial charge in [-0.15, -0.1) is 0 Å². The van der Waals surface area contributed by atoms with Crippen LogP contribution in [0, 0.1) is 34.0 Å². The summed E-state index contributed by atoms with van der Waals surface area (Å²) in [5, 5.41) is 0. The molecule has 0 aromatic heterocycles. The van der Waals surface area contributed by atoms with Crippen LogP contribution in [0.4, 0.5) is 0 Å². The van der Waals surface area contributed by atoms with E-state index in [2.05, 4.69) is 57.8 Å². The Balaban J connectivity index is 1.47. The van der Waals surface area contributed by atoms with Crippen LogP contribution >= 0.6 is 0 Å². The van der Waals surface area contributed by atoms with Gasteiger partial charge in [0, 0.05) is 18.6 Å². The van der Waals surface area contributed by atoms with Gasteiger partial charge in [0.05, 0.1) is 0 Å². The molecule has 0 aromatic carbocycles. The lowest BCUT2D eigenvalue weighted by Gasteiger charge is -2.59. The van der Waals surface area contributed by atoms with Crippen LogP contribution in [-0.2, 0) is 0 Å². The Morgan fingerprint density at radius 1 is 1.04 bits per heavy atom. The average molecular weight is 371 g/mol. The first-order valence-corrected chi connectivity index (χ1v) is 11.8. The zero-order valence-electron chi connectivity index (χ0n) is 18.7. The smallest absolute Gasteiger partial charge is 0.0127 e. The molecule has 1 aliphatic heterocycles. The normalized spacial score (nSPS) is 54.9. The van der Waals surface area contributed by atoms with Gasteiger partial charge in [-0.3, -0.25) is 0 Å². The lowest BCUT2D eigenvalue weighted by Crippen LogP contribution is -2.54. The molecular formula is C25H42N2. The van der Waals surface area contributed by atoms with E-state index in [0.29, 0.717) is 16.2 Å². The molecule has 27 heavy (non-hydrogen) atoms. The highest BCUT2D eigenvalue weighted by molar-refractivity contribution is 5.28. The minimum Gasteiger partial charge on any atom is -0.306 e. The van der Waals surface area contributed by atoms with Crippen LogP contribution in [0.25, 0.3) is 0 Å². The summed E-state index contributed by atoms with van der Waals surface area (Å²) in [6, 6.07) is 1.54. The van der Waals surface area contributed by atoms with Crippen LogP contribution in [0.15, 0.2) is 11.6 Å². The zero-order chi connectivity index (χ0) is 19.2. The molecule has 0 aromatic rings. The van der Waals surface area contributed by atoms with Crippen molar-refractivity contribution >= 4 is 0 Å². The summed E-state index contributed by atoms with van der Waals surface area (Å²) in [6.07, 6.45) is 14.3. The van der Waals surface area contributed by atoms with Crippen molar-refractivity contribution in [3.05, 3.63) is 11.6 Å². The lowest BCUT2D eigenvalue weighted by molar-refractivity contribution is -0.0620. The Bertz CT molecular complexity index is 653. The summed E-state index contributed by atoms with van der Waals surface area (Å²) in [6.45, 7) is 9.22. The third kappa shape index (κ3) is 2.21. The van der Waals surface area contributed by atoms with Gasteiger partial charge in [0.15, 0.2) is 0 Å². The van der Waals surface area contributed by atoms with E-state index in [0.717, 1.165) is 29.8 Å². The summed E-state index contributed by atoms with van der Waals surface area (Å²) in [5.41, 5.74) is 3.52. The van der Waals surface area contributed by atoms with E-state index < -0.39 is 0 Å². The molecule has 1 heterocycles. The number of rotatable bonds is 1. The highest BCUT2D eigenvalue weighted by atomic mass is 15.2. The van der Waals surface area contributed by atoms with E-state index in [1.165, 1.54) is 57.9 Å². The number of allylic oxidation sites excluding steroid dienone is 1. The first-order valence-electron chi connectivity index (χ1n) is 11.8. The molecule has 5 aliphatic rings. The highest BCUT2D eigenvalue weighted by Gasteiger charge is 2.68. The van der Waals surface area contributed by atoms with Crippen LogP contribution in [0.2, 0.25) is 0 Å². The quantitative estimate of drug-likeness (QED) is 0.585. The second-order valence-electron chi connectivity index (χ2n) is 11.9. The Morgan fingerprint density at radius 3 is 2.52 bits per heavy atom. The molecule has 0 N–H and O–H groups in total. The van der Waals surface area contributed by atoms with Crippen molar-refractivity contribution in [2.75, 3.05) is 27.7 Å². The fourth-order valence-corrected chi connectivity index (χ4v) is 9.27. The summed E-state index contributed by atoms with van der Waals surface area (Å²) >= 11 is 0. The van der Waals surface area contributed by atoms with E-state index in [9.17, 15) is 0 Å². The molecule has 0 bridgehead atoms. The molecular weight excluding hydrogens is 328 g/mol. The molecule has 5 rings (SSSR count). The zero-order valence-corrected chi connectivity index (χ0v) is 18.7. The molecule has 8 atom stereocenters. The van der Waals surface area contributed by atoms with E-state index in [4.69, 9.17) is 0 Å². The molecule has 0 radical (unpaired) electrons. The van der Waals surface area contributed by atoms with Gasteiger partial charge in [-0.1, -0.05) is 25.5 Å². The number of hydrogen-bond donors (Lipinski definition) is 0. The fraction of sp³-hybridized carbons (Fsp3) is 0.920. The molecule has 4 aliphatic carbocycles. The first-order chi connectivity index (χ1) is 12.7. The average Bonchev–Trinajstić information content (AvgIpc) is 3.02. The molecule has 2 nitrogen and oxygen atoms in total. The SMILES string of the molecule is C[C@@H]1N(C)C[C@]23CC[C@H]4[C@@H](CC=C5C[C@@H](N(C)C)CC[C@@]54C)[C@@H]2CC[C@]13C. The molecule has 4 fully saturated rings. The van der Waals surface area contributed by atoms with Gasteiger partial charge >= 0.3 is 0 Å². The van der Waals surface area contributed by atoms with Gasteiger partial charge in [-0.05, 0) is 113 Å². The maximum atomic E-state index is 2.74. The van der Waals surface area contributed by atoms with E-state index >= 15 is 0 Å². The topological polar surface area (TPSA) is 6.48 Å². The van der Waals surface area contributed by atoms with Crippen molar-refractivity contribution in [1.82, 2.24) is 9.80 Å². The minimum atomic E-state index is 0.506. The van der Waals surface area contributed by atoms with Crippen LogP contribution in [0.3, 0.4) is 0 Å². The van der Waals surface area contributed by atoms with Gasteiger partial charge in [0.1, 0.15) is 0 Å². The second kappa shape index (κ2) is 5.85. The van der Waals surface area contributed by atoms with Crippen molar-refractivity contribution in [1.29, 1.82) is 0 Å². The number of likely N-dealkylation sites (tertiary alicyclic amines) is 1. The summed E-state index contributed by atoms with van der Waals surface area (Å²) < 4.78 is 0. The second-order valence-corrected chi connectivity index (χ2v) is 11.9. The van der Waals surface area contributed by atoms with Gasteiger partial charge in [-0.2, -0.15) is 0 Å². The number of nitrogens with zero attached hydrogens (tertiary/aromatic N) is 2. The highest BCUT2D eigenvalue weighted by Crippen LogP contribution is 2.72. The van der Waals surface area contributed by atoms with Crippen molar-refractivity contribution in [2.24, 2.45) is 34.0 Å².